The van der Waals surface area contributed by atoms with E-state index in [2.05, 4.69) is 24.1 Å². The van der Waals surface area contributed by atoms with Crippen LogP contribution in [0.5, 0.6) is 11.5 Å². The summed E-state index contributed by atoms with van der Waals surface area (Å²) in [6, 6.07) is 15.4. The van der Waals surface area contributed by atoms with E-state index in [0.717, 1.165) is 42.4 Å². The number of nitrogens with one attached hydrogen (secondary N) is 1. The van der Waals surface area contributed by atoms with E-state index in [4.69, 9.17) is 9.47 Å². The first-order valence-corrected chi connectivity index (χ1v) is 10.1. The molecule has 2 aromatic carbocycles. The van der Waals surface area contributed by atoms with Crippen LogP contribution in [0.2, 0.25) is 0 Å². The van der Waals surface area contributed by atoms with Crippen LogP contribution in [-0.4, -0.2) is 43.7 Å². The largest absolute Gasteiger partial charge is 0.494 e. The Bertz CT molecular complexity index is 695. The lowest BCUT2D eigenvalue weighted by atomic mass is 10.1. The Morgan fingerprint density at radius 3 is 2.11 bits per heavy atom. The summed E-state index contributed by atoms with van der Waals surface area (Å²) in [5, 5.41) is 2.94. The summed E-state index contributed by atoms with van der Waals surface area (Å²) in [4.78, 5) is 14.5. The highest BCUT2D eigenvalue weighted by Gasteiger charge is 2.05. The molecular weight excluding hydrogens is 352 g/mol. The van der Waals surface area contributed by atoms with Gasteiger partial charge in [-0.05, 0) is 68.4 Å². The number of hydrogen-bond acceptors (Lipinski definition) is 4. The van der Waals surface area contributed by atoms with Crippen molar-refractivity contribution in [1.29, 1.82) is 0 Å². The van der Waals surface area contributed by atoms with Crippen molar-refractivity contribution in [2.45, 2.75) is 33.6 Å². The Hall–Kier alpha value is -2.53. The van der Waals surface area contributed by atoms with Crippen molar-refractivity contribution in [2.75, 3.05) is 38.2 Å². The van der Waals surface area contributed by atoms with Crippen LogP contribution in [0.15, 0.2) is 48.5 Å². The number of carbonyl (C=O) groups excluding carboxylic acids is 1. The Balaban J connectivity index is 1.73. The molecule has 0 atom stereocenters. The summed E-state index contributed by atoms with van der Waals surface area (Å²) in [5.74, 6) is 1.68. The minimum Gasteiger partial charge on any atom is -0.494 e. The van der Waals surface area contributed by atoms with Gasteiger partial charge < -0.3 is 19.7 Å². The molecule has 0 heterocycles. The van der Waals surface area contributed by atoms with Crippen LogP contribution in [0.3, 0.4) is 0 Å². The first-order valence-electron chi connectivity index (χ1n) is 10.1. The van der Waals surface area contributed by atoms with Crippen molar-refractivity contribution in [2.24, 2.45) is 0 Å². The number of hydrogen-bond donors (Lipinski definition) is 1. The summed E-state index contributed by atoms with van der Waals surface area (Å²) in [5.41, 5.74) is 1.91. The number of rotatable bonds is 12. The second kappa shape index (κ2) is 12.0. The molecule has 0 fully saturated rings. The Morgan fingerprint density at radius 1 is 0.893 bits per heavy atom. The van der Waals surface area contributed by atoms with E-state index in [1.165, 1.54) is 0 Å². The number of aryl methyl sites for hydroxylation is 1. The predicted octanol–water partition coefficient (Wildman–Crippen LogP) is 4.38. The van der Waals surface area contributed by atoms with Crippen LogP contribution in [0.25, 0.3) is 0 Å². The minimum absolute atomic E-state index is 0.00378. The zero-order valence-corrected chi connectivity index (χ0v) is 17.2. The summed E-state index contributed by atoms with van der Waals surface area (Å²) in [7, 11) is 0. The Kier molecular flexibility index (Phi) is 9.35. The Labute approximate surface area is 168 Å². The van der Waals surface area contributed by atoms with Gasteiger partial charge in [-0.25, -0.2) is 0 Å². The van der Waals surface area contributed by atoms with Crippen LogP contribution >= 0.6 is 0 Å². The average Bonchev–Trinajstić information content (AvgIpc) is 2.72. The fraction of sp³-hybridized carbons (Fsp3) is 0.435. The first-order chi connectivity index (χ1) is 13.6. The summed E-state index contributed by atoms with van der Waals surface area (Å²) >= 11 is 0. The topological polar surface area (TPSA) is 50.8 Å². The molecule has 0 saturated heterocycles. The highest BCUT2D eigenvalue weighted by molar-refractivity contribution is 5.90. The molecule has 2 aromatic rings. The standard InChI is InChI=1S/C23H32N2O3/c1-4-25(5-2)17-18-28-22-14-10-20(11-15-22)24-23(26)16-9-19-7-12-21(13-8-19)27-6-3/h7-8,10-15H,4-6,9,16-18H2,1-3H3,(H,24,26). The highest BCUT2D eigenvalue weighted by atomic mass is 16.5. The van der Waals surface area contributed by atoms with Crippen molar-refractivity contribution < 1.29 is 14.3 Å². The molecule has 2 rings (SSSR count). The number of likely N-dealkylation sites (N-methyl/N-ethyl adjacent to an activating group) is 1. The summed E-state index contributed by atoms with van der Waals surface area (Å²) in [6.45, 7) is 10.5. The monoisotopic (exact) mass is 384 g/mol. The molecule has 0 saturated carbocycles. The number of ether oxygens (including phenoxy) is 2. The van der Waals surface area contributed by atoms with Gasteiger partial charge in [0.05, 0.1) is 6.61 Å². The van der Waals surface area contributed by atoms with Gasteiger partial charge in [-0.15, -0.1) is 0 Å². The molecule has 1 N–H and O–H groups in total. The molecule has 0 aliphatic carbocycles. The molecule has 28 heavy (non-hydrogen) atoms. The van der Waals surface area contributed by atoms with Crippen LogP contribution in [0.1, 0.15) is 32.8 Å². The predicted molar refractivity (Wildman–Crippen MR) is 114 cm³/mol. The third kappa shape index (κ3) is 7.61. The molecule has 0 bridgehead atoms. The number of nitrogens with zero attached hydrogens (tertiary/aromatic N) is 1. The lowest BCUT2D eigenvalue weighted by Crippen LogP contribution is -2.27. The number of carbonyl (C=O) groups is 1. The fourth-order valence-electron chi connectivity index (χ4n) is 2.87. The van der Waals surface area contributed by atoms with E-state index in [1.54, 1.807) is 0 Å². The third-order valence-corrected chi connectivity index (χ3v) is 4.58. The summed E-state index contributed by atoms with van der Waals surface area (Å²) < 4.78 is 11.2. The molecule has 152 valence electrons. The fourth-order valence-corrected chi connectivity index (χ4v) is 2.87. The van der Waals surface area contributed by atoms with Gasteiger partial charge in [-0.3, -0.25) is 4.79 Å². The van der Waals surface area contributed by atoms with Gasteiger partial charge in [0.25, 0.3) is 0 Å². The molecule has 5 nitrogen and oxygen atoms in total. The third-order valence-electron chi connectivity index (χ3n) is 4.58. The van der Waals surface area contributed by atoms with E-state index >= 15 is 0 Å². The molecule has 5 heteroatoms. The zero-order chi connectivity index (χ0) is 20.2. The normalized spacial score (nSPS) is 10.7. The minimum atomic E-state index is 0.00378. The summed E-state index contributed by atoms with van der Waals surface area (Å²) in [6.07, 6.45) is 1.14. The van der Waals surface area contributed by atoms with Gasteiger partial charge in [0.1, 0.15) is 18.1 Å². The highest BCUT2D eigenvalue weighted by Crippen LogP contribution is 2.17. The second-order valence-corrected chi connectivity index (χ2v) is 6.52. The lowest BCUT2D eigenvalue weighted by molar-refractivity contribution is -0.116. The van der Waals surface area contributed by atoms with Gasteiger partial charge in [-0.2, -0.15) is 0 Å². The molecule has 0 radical (unpaired) electrons. The van der Waals surface area contributed by atoms with E-state index in [1.807, 2.05) is 55.5 Å². The van der Waals surface area contributed by atoms with Gasteiger partial charge in [0, 0.05) is 18.7 Å². The maximum atomic E-state index is 12.2. The van der Waals surface area contributed by atoms with Crippen molar-refractivity contribution in [3.63, 3.8) is 0 Å². The van der Waals surface area contributed by atoms with Crippen LogP contribution < -0.4 is 14.8 Å². The van der Waals surface area contributed by atoms with Gasteiger partial charge in [0.2, 0.25) is 5.91 Å². The lowest BCUT2D eigenvalue weighted by Gasteiger charge is -2.18. The van der Waals surface area contributed by atoms with Crippen molar-refractivity contribution in [3.05, 3.63) is 54.1 Å². The molecular formula is C23H32N2O3. The van der Waals surface area contributed by atoms with E-state index in [-0.39, 0.29) is 5.91 Å². The van der Waals surface area contributed by atoms with Gasteiger partial charge in [-0.1, -0.05) is 26.0 Å². The van der Waals surface area contributed by atoms with E-state index < -0.39 is 0 Å². The average molecular weight is 385 g/mol. The van der Waals surface area contributed by atoms with E-state index in [0.29, 0.717) is 26.1 Å². The second-order valence-electron chi connectivity index (χ2n) is 6.52. The van der Waals surface area contributed by atoms with Crippen molar-refractivity contribution >= 4 is 11.6 Å². The maximum Gasteiger partial charge on any atom is 0.224 e. The van der Waals surface area contributed by atoms with Gasteiger partial charge in [0.15, 0.2) is 0 Å². The number of amides is 1. The smallest absolute Gasteiger partial charge is 0.224 e. The number of anilines is 1. The molecule has 0 aliphatic heterocycles. The van der Waals surface area contributed by atoms with Crippen molar-refractivity contribution in [1.82, 2.24) is 4.90 Å². The molecule has 0 spiro atoms. The molecule has 0 aliphatic rings. The van der Waals surface area contributed by atoms with E-state index in [9.17, 15) is 4.79 Å². The number of benzene rings is 2. The quantitative estimate of drug-likeness (QED) is 0.590. The molecule has 0 aromatic heterocycles. The van der Waals surface area contributed by atoms with Crippen LogP contribution in [0, 0.1) is 0 Å². The SMILES string of the molecule is CCOc1ccc(CCC(=O)Nc2ccc(OCCN(CC)CC)cc2)cc1. The van der Waals surface area contributed by atoms with Gasteiger partial charge >= 0.3 is 0 Å². The molecule has 0 unspecified atom stereocenters. The first kappa shape index (κ1) is 21.8. The maximum absolute atomic E-state index is 12.2. The van der Waals surface area contributed by atoms with Crippen molar-refractivity contribution in [3.8, 4) is 11.5 Å². The van der Waals surface area contributed by atoms with Crippen LogP contribution in [-0.2, 0) is 11.2 Å². The van der Waals surface area contributed by atoms with Crippen LogP contribution in [0.4, 0.5) is 5.69 Å². The Morgan fingerprint density at radius 2 is 1.50 bits per heavy atom. The molecule has 1 amide bonds. The zero-order valence-electron chi connectivity index (χ0n) is 17.2.